The molecule has 0 aromatic carbocycles. The Morgan fingerprint density at radius 2 is 2.27 bits per heavy atom. The molecule has 2 aromatic rings. The highest BCUT2D eigenvalue weighted by Crippen LogP contribution is 1.95. The smallest absolute Gasteiger partial charge is 0.330 e. The Balaban J connectivity index is 2.62. The summed E-state index contributed by atoms with van der Waals surface area (Å²) in [6.07, 6.45) is 1.71. The Kier molecular flexibility index (Phi) is 2.38. The van der Waals surface area contributed by atoms with E-state index in [4.69, 9.17) is 5.11 Å². The zero-order valence-electron chi connectivity index (χ0n) is 7.86. The molecule has 80 valence electrons. The lowest BCUT2D eigenvalue weighted by atomic mass is 10.4. The number of nitrogens with one attached hydrogen (secondary N) is 2. The van der Waals surface area contributed by atoms with Gasteiger partial charge in [0.15, 0.2) is 5.65 Å². The maximum atomic E-state index is 11.7. The van der Waals surface area contributed by atoms with E-state index in [9.17, 15) is 9.59 Å². The largest absolute Gasteiger partial charge is 0.396 e. The zero-order valence-corrected chi connectivity index (χ0v) is 7.86. The molecule has 7 nitrogen and oxygen atoms in total. The van der Waals surface area contributed by atoms with Crippen LogP contribution in [0, 0.1) is 0 Å². The number of aliphatic hydroxyl groups is 1. The Hall–Kier alpha value is -1.89. The van der Waals surface area contributed by atoms with Gasteiger partial charge in [0.2, 0.25) is 0 Å². The molecule has 0 aliphatic carbocycles. The van der Waals surface area contributed by atoms with Crippen LogP contribution in [0.4, 0.5) is 0 Å². The van der Waals surface area contributed by atoms with Gasteiger partial charge < -0.3 is 10.1 Å². The summed E-state index contributed by atoms with van der Waals surface area (Å²) in [5.41, 5.74) is -0.398. The van der Waals surface area contributed by atoms with Crippen molar-refractivity contribution in [2.45, 2.75) is 13.0 Å². The van der Waals surface area contributed by atoms with Gasteiger partial charge in [0.05, 0.1) is 6.33 Å². The quantitative estimate of drug-likeness (QED) is 0.591. The Labute approximate surface area is 83.4 Å². The Morgan fingerprint density at radius 1 is 1.47 bits per heavy atom. The molecule has 0 radical (unpaired) electrons. The van der Waals surface area contributed by atoms with Crippen LogP contribution in [-0.4, -0.2) is 31.2 Å². The molecular weight excluding hydrogens is 200 g/mol. The maximum absolute atomic E-state index is 11.7. The predicted octanol–water partition coefficient (Wildman–Crippen LogP) is -1.20. The highest BCUT2D eigenvalue weighted by molar-refractivity contribution is 5.67. The third-order valence-corrected chi connectivity index (χ3v) is 2.11. The molecule has 15 heavy (non-hydrogen) atoms. The maximum Gasteiger partial charge on any atom is 0.330 e. The highest BCUT2D eigenvalue weighted by Gasteiger charge is 2.08. The molecule has 2 heterocycles. The molecule has 2 aromatic heterocycles. The molecule has 3 N–H and O–H groups in total. The monoisotopic (exact) mass is 210 g/mol. The molecule has 0 saturated carbocycles. The van der Waals surface area contributed by atoms with E-state index in [2.05, 4.69) is 15.0 Å². The average Bonchev–Trinajstić information content (AvgIpc) is 2.65. The van der Waals surface area contributed by atoms with Crippen LogP contribution < -0.4 is 11.2 Å². The molecule has 2 rings (SSSR count). The van der Waals surface area contributed by atoms with Gasteiger partial charge in [0, 0.05) is 13.2 Å². The van der Waals surface area contributed by atoms with Gasteiger partial charge in [-0.25, -0.2) is 9.78 Å². The lowest BCUT2D eigenvalue weighted by Crippen LogP contribution is -2.35. The van der Waals surface area contributed by atoms with E-state index in [0.29, 0.717) is 6.42 Å². The number of H-pyrrole nitrogens is 2. The van der Waals surface area contributed by atoms with Crippen LogP contribution in [0.1, 0.15) is 6.42 Å². The molecule has 0 atom stereocenters. The van der Waals surface area contributed by atoms with Gasteiger partial charge in [-0.15, -0.1) is 0 Å². The van der Waals surface area contributed by atoms with Crippen LogP contribution >= 0.6 is 0 Å². The number of hydrogen-bond donors (Lipinski definition) is 3. The first kappa shape index (κ1) is 9.66. The van der Waals surface area contributed by atoms with Crippen molar-refractivity contribution in [2.24, 2.45) is 0 Å². The van der Waals surface area contributed by atoms with Gasteiger partial charge in [-0.05, 0) is 6.42 Å². The topological polar surface area (TPSA) is 104 Å². The summed E-state index contributed by atoms with van der Waals surface area (Å²) in [4.78, 5) is 32.1. The fourth-order valence-electron chi connectivity index (χ4n) is 1.38. The van der Waals surface area contributed by atoms with Crippen LogP contribution in [0.2, 0.25) is 0 Å². The molecule has 7 heteroatoms. The van der Waals surface area contributed by atoms with Crippen molar-refractivity contribution in [3.05, 3.63) is 27.2 Å². The second-order valence-corrected chi connectivity index (χ2v) is 3.09. The van der Waals surface area contributed by atoms with E-state index < -0.39 is 11.2 Å². The van der Waals surface area contributed by atoms with Gasteiger partial charge in [-0.3, -0.25) is 14.3 Å². The van der Waals surface area contributed by atoms with Crippen LogP contribution in [-0.2, 0) is 6.54 Å². The first-order valence-electron chi connectivity index (χ1n) is 4.51. The fourth-order valence-corrected chi connectivity index (χ4v) is 1.38. The SMILES string of the molecule is O=c1[nH]c2nc[nH]c2c(=O)n1CCCO. The number of aromatic nitrogens is 4. The van der Waals surface area contributed by atoms with Gasteiger partial charge >= 0.3 is 5.69 Å². The molecule has 0 spiro atoms. The van der Waals surface area contributed by atoms with Crippen LogP contribution in [0.25, 0.3) is 11.2 Å². The highest BCUT2D eigenvalue weighted by atomic mass is 16.3. The molecule has 0 aliphatic rings. The van der Waals surface area contributed by atoms with E-state index in [1.54, 1.807) is 0 Å². The third kappa shape index (κ3) is 1.57. The Morgan fingerprint density at radius 3 is 3.00 bits per heavy atom. The number of hydrogen-bond acceptors (Lipinski definition) is 4. The minimum absolute atomic E-state index is 0.0626. The van der Waals surface area contributed by atoms with Crippen molar-refractivity contribution in [3.8, 4) is 0 Å². The van der Waals surface area contributed by atoms with Crippen molar-refractivity contribution in [3.63, 3.8) is 0 Å². The number of aliphatic hydroxyl groups excluding tert-OH is 1. The Bertz CT molecular complexity index is 579. The molecule has 0 amide bonds. The van der Waals surface area contributed by atoms with E-state index >= 15 is 0 Å². The number of imidazole rings is 1. The summed E-state index contributed by atoms with van der Waals surface area (Å²) in [6, 6.07) is 0. The molecular formula is C8H10N4O3. The van der Waals surface area contributed by atoms with Crippen LogP contribution in [0.15, 0.2) is 15.9 Å². The summed E-state index contributed by atoms with van der Waals surface area (Å²) in [5, 5.41) is 8.63. The second-order valence-electron chi connectivity index (χ2n) is 3.09. The van der Waals surface area contributed by atoms with Gasteiger partial charge in [-0.2, -0.15) is 0 Å². The third-order valence-electron chi connectivity index (χ3n) is 2.11. The normalized spacial score (nSPS) is 11.0. The molecule has 0 bridgehead atoms. The second kappa shape index (κ2) is 3.70. The van der Waals surface area contributed by atoms with Crippen molar-refractivity contribution in [1.29, 1.82) is 0 Å². The van der Waals surface area contributed by atoms with E-state index in [-0.39, 0.29) is 24.3 Å². The van der Waals surface area contributed by atoms with Crippen molar-refractivity contribution in [1.82, 2.24) is 19.5 Å². The lowest BCUT2D eigenvalue weighted by molar-refractivity contribution is 0.278. The molecule has 0 unspecified atom stereocenters. The van der Waals surface area contributed by atoms with Crippen molar-refractivity contribution >= 4 is 11.2 Å². The summed E-state index contributed by atoms with van der Waals surface area (Å²) < 4.78 is 1.04. The number of nitrogens with zero attached hydrogens (tertiary/aromatic N) is 2. The van der Waals surface area contributed by atoms with E-state index in [1.165, 1.54) is 6.33 Å². The van der Waals surface area contributed by atoms with Crippen LogP contribution in [0.3, 0.4) is 0 Å². The standard InChI is InChI=1S/C8H10N4O3/c13-3-1-2-12-7(14)5-6(10-4-9-5)11-8(12)15/h4,13H,1-3H2,(H,9,10)(H,11,15). The number of aromatic amines is 2. The first-order chi connectivity index (χ1) is 7.24. The van der Waals surface area contributed by atoms with E-state index in [1.807, 2.05) is 0 Å². The first-order valence-corrected chi connectivity index (χ1v) is 4.51. The van der Waals surface area contributed by atoms with E-state index in [0.717, 1.165) is 4.57 Å². The van der Waals surface area contributed by atoms with Gasteiger partial charge in [0.25, 0.3) is 5.56 Å². The van der Waals surface area contributed by atoms with Gasteiger partial charge in [-0.1, -0.05) is 0 Å². The van der Waals surface area contributed by atoms with Crippen molar-refractivity contribution in [2.75, 3.05) is 6.61 Å². The molecule has 0 aliphatic heterocycles. The predicted molar refractivity (Wildman–Crippen MR) is 52.7 cm³/mol. The summed E-state index contributed by atoms with van der Waals surface area (Å²) in [6.45, 7) is 0.131. The minimum atomic E-state index is -0.506. The van der Waals surface area contributed by atoms with Gasteiger partial charge in [0.1, 0.15) is 5.52 Å². The number of fused-ring (bicyclic) bond motifs is 1. The van der Waals surface area contributed by atoms with Crippen LogP contribution in [0.5, 0.6) is 0 Å². The zero-order chi connectivity index (χ0) is 10.8. The van der Waals surface area contributed by atoms with Crippen molar-refractivity contribution < 1.29 is 5.11 Å². The molecule has 0 saturated heterocycles. The lowest BCUT2D eigenvalue weighted by Gasteiger charge is -2.01. The number of rotatable bonds is 3. The fraction of sp³-hybridized carbons (Fsp3) is 0.375. The molecule has 0 fully saturated rings. The summed E-state index contributed by atoms with van der Waals surface area (Å²) >= 11 is 0. The summed E-state index contributed by atoms with van der Waals surface area (Å²) in [7, 11) is 0. The summed E-state index contributed by atoms with van der Waals surface area (Å²) in [5.74, 6) is 0. The minimum Gasteiger partial charge on any atom is -0.396 e. The average molecular weight is 210 g/mol.